The van der Waals surface area contributed by atoms with Gasteiger partial charge in [0.15, 0.2) is 0 Å². The quantitative estimate of drug-likeness (QED) is 0.205. The molecule has 2 aromatic carbocycles. The van der Waals surface area contributed by atoms with Gasteiger partial charge in [0.05, 0.1) is 11.3 Å². The van der Waals surface area contributed by atoms with Gasteiger partial charge in [-0.25, -0.2) is 9.37 Å². The van der Waals surface area contributed by atoms with Crippen molar-refractivity contribution in [2.75, 3.05) is 5.75 Å². The fraction of sp³-hybridized carbons (Fsp3) is 0.208. The summed E-state index contributed by atoms with van der Waals surface area (Å²) in [6.07, 6.45) is 2.14. The molecule has 11 heteroatoms. The number of alkyl halides is 3. The Hall–Kier alpha value is -3.60. The summed E-state index contributed by atoms with van der Waals surface area (Å²) < 4.78 is 62.9. The fourth-order valence-electron chi connectivity index (χ4n) is 3.02. The van der Waals surface area contributed by atoms with E-state index in [1.54, 1.807) is 18.0 Å². The van der Waals surface area contributed by atoms with Gasteiger partial charge in [0.25, 0.3) is 0 Å². The average molecular weight is 505 g/mol. The Morgan fingerprint density at radius 3 is 2.60 bits per heavy atom. The van der Waals surface area contributed by atoms with E-state index in [0.717, 1.165) is 35.8 Å². The maximum absolute atomic E-state index is 13.9. The van der Waals surface area contributed by atoms with E-state index < -0.39 is 17.6 Å². The fourth-order valence-corrected chi connectivity index (χ4v) is 3.94. The lowest BCUT2D eigenvalue weighted by molar-refractivity contribution is -0.137. The molecule has 0 fully saturated rings. The van der Waals surface area contributed by atoms with Crippen LogP contribution in [0.3, 0.4) is 0 Å². The van der Waals surface area contributed by atoms with Crippen LogP contribution in [0.25, 0.3) is 12.2 Å². The Morgan fingerprint density at radius 1 is 1.06 bits per heavy atom. The van der Waals surface area contributed by atoms with Gasteiger partial charge < -0.3 is 9.15 Å². The molecule has 0 aliphatic rings. The topological polar surface area (TPSA) is 76.8 Å². The molecule has 0 spiro atoms. The van der Waals surface area contributed by atoms with Gasteiger partial charge in [0.2, 0.25) is 5.89 Å². The maximum Gasteiger partial charge on any atom is 0.416 e. The van der Waals surface area contributed by atoms with Crippen molar-refractivity contribution in [3.05, 3.63) is 94.7 Å². The number of benzene rings is 2. The first-order chi connectivity index (χ1) is 16.9. The summed E-state index contributed by atoms with van der Waals surface area (Å²) in [5.41, 5.74) is 1.58. The van der Waals surface area contributed by atoms with Crippen molar-refractivity contribution in [1.29, 1.82) is 0 Å². The zero-order valence-corrected chi connectivity index (χ0v) is 19.1. The summed E-state index contributed by atoms with van der Waals surface area (Å²) in [6, 6.07) is 10.1. The van der Waals surface area contributed by atoms with E-state index >= 15 is 0 Å². The Balaban J connectivity index is 1.24. The second kappa shape index (κ2) is 11.2. The van der Waals surface area contributed by atoms with Gasteiger partial charge in [-0.2, -0.15) is 24.9 Å². The first kappa shape index (κ1) is 24.5. The van der Waals surface area contributed by atoms with Crippen molar-refractivity contribution in [2.24, 2.45) is 0 Å². The Bertz CT molecular complexity index is 1260. The van der Waals surface area contributed by atoms with Crippen LogP contribution in [0, 0.1) is 5.82 Å². The summed E-state index contributed by atoms with van der Waals surface area (Å²) in [5, 5.41) is 10.3. The molecule has 35 heavy (non-hydrogen) atoms. The van der Waals surface area contributed by atoms with Crippen LogP contribution in [0.5, 0.6) is 5.75 Å². The highest BCUT2D eigenvalue weighted by atomic mass is 32.2. The number of nitrogens with one attached hydrogen (secondary N) is 1. The SMILES string of the molecule is Fc1cc(C(F)(F)F)ccc1C=Cc1nc(COc2ccc(CSCCc3c[nH]nn3)cc2)co1. The minimum absolute atomic E-state index is 0.00889. The van der Waals surface area contributed by atoms with Crippen molar-refractivity contribution >= 4 is 23.9 Å². The highest BCUT2D eigenvalue weighted by Crippen LogP contribution is 2.30. The molecule has 0 saturated carbocycles. The molecule has 0 aliphatic heterocycles. The standard InChI is InChI=1S/C24H20F4N4O2S/c25-22-11-18(24(26,27)28)5-3-17(22)4-8-23-30-20(14-34-23)13-33-21-6-1-16(2-7-21)15-35-10-9-19-12-29-32-31-19/h1-8,11-12,14H,9-10,13,15H2,(H,29,31,32). The molecule has 6 nitrogen and oxygen atoms in total. The Kier molecular flexibility index (Phi) is 7.86. The molecule has 2 aromatic heterocycles. The molecule has 0 bridgehead atoms. The number of aromatic amines is 1. The second-order valence-electron chi connectivity index (χ2n) is 7.44. The van der Waals surface area contributed by atoms with Gasteiger partial charge in [-0.05, 0) is 41.7 Å². The van der Waals surface area contributed by atoms with Crippen LogP contribution >= 0.6 is 11.8 Å². The number of halogens is 4. The van der Waals surface area contributed by atoms with Gasteiger partial charge in [0.1, 0.15) is 30.1 Å². The third-order valence-electron chi connectivity index (χ3n) is 4.85. The lowest BCUT2D eigenvalue weighted by Crippen LogP contribution is -2.05. The molecule has 0 radical (unpaired) electrons. The Labute approximate surface area is 202 Å². The van der Waals surface area contributed by atoms with E-state index in [-0.39, 0.29) is 18.1 Å². The van der Waals surface area contributed by atoms with Crippen LogP contribution in [0.1, 0.15) is 34.0 Å². The molecule has 182 valence electrons. The second-order valence-corrected chi connectivity index (χ2v) is 8.55. The first-order valence-electron chi connectivity index (χ1n) is 10.5. The van der Waals surface area contributed by atoms with Crippen molar-refractivity contribution in [3.8, 4) is 5.75 Å². The van der Waals surface area contributed by atoms with Crippen LogP contribution < -0.4 is 4.74 Å². The monoisotopic (exact) mass is 504 g/mol. The zero-order valence-electron chi connectivity index (χ0n) is 18.3. The summed E-state index contributed by atoms with van der Waals surface area (Å²) in [6.45, 7) is 0.164. The number of hydrogen-bond acceptors (Lipinski definition) is 6. The molecule has 2 heterocycles. The van der Waals surface area contributed by atoms with Gasteiger partial charge in [-0.3, -0.25) is 5.10 Å². The first-order valence-corrected chi connectivity index (χ1v) is 11.7. The van der Waals surface area contributed by atoms with E-state index in [1.807, 2.05) is 24.3 Å². The number of nitrogens with zero attached hydrogens (tertiary/aromatic N) is 3. The number of aryl methyl sites for hydroxylation is 1. The molecule has 4 aromatic rings. The molecule has 0 amide bonds. The zero-order chi connectivity index (χ0) is 24.7. The average Bonchev–Trinajstić information content (AvgIpc) is 3.52. The molecular weight excluding hydrogens is 484 g/mol. The number of aromatic nitrogens is 4. The van der Waals surface area contributed by atoms with Crippen molar-refractivity contribution in [2.45, 2.75) is 25.0 Å². The predicted octanol–water partition coefficient (Wildman–Crippen LogP) is 6.18. The van der Waals surface area contributed by atoms with Crippen molar-refractivity contribution < 1.29 is 26.7 Å². The van der Waals surface area contributed by atoms with Crippen LogP contribution in [0.2, 0.25) is 0 Å². The van der Waals surface area contributed by atoms with Gasteiger partial charge in [-0.15, -0.1) is 5.10 Å². The summed E-state index contributed by atoms with van der Waals surface area (Å²) >= 11 is 1.80. The van der Waals surface area contributed by atoms with Crippen LogP contribution in [-0.2, 0) is 25.0 Å². The number of H-pyrrole nitrogens is 1. The maximum atomic E-state index is 13.9. The molecule has 0 atom stereocenters. The number of rotatable bonds is 10. The lowest BCUT2D eigenvalue weighted by Gasteiger charge is -2.07. The third kappa shape index (κ3) is 7.19. The summed E-state index contributed by atoms with van der Waals surface area (Å²) in [4.78, 5) is 4.22. The van der Waals surface area contributed by atoms with E-state index in [4.69, 9.17) is 9.15 Å². The summed E-state index contributed by atoms with van der Waals surface area (Å²) in [7, 11) is 0. The number of oxazole rings is 1. The van der Waals surface area contributed by atoms with Gasteiger partial charge in [0, 0.05) is 30.0 Å². The van der Waals surface area contributed by atoms with E-state index in [0.29, 0.717) is 17.5 Å². The molecular formula is C24H20F4N4O2S. The number of hydrogen-bond donors (Lipinski definition) is 1. The smallest absolute Gasteiger partial charge is 0.416 e. The van der Waals surface area contributed by atoms with Gasteiger partial charge >= 0.3 is 6.18 Å². The van der Waals surface area contributed by atoms with Crippen LogP contribution in [-0.4, -0.2) is 26.1 Å². The van der Waals surface area contributed by atoms with E-state index in [9.17, 15) is 17.6 Å². The number of thioether (sulfide) groups is 1. The molecule has 0 aliphatic carbocycles. The van der Waals surface area contributed by atoms with E-state index in [2.05, 4.69) is 20.4 Å². The molecule has 0 saturated heterocycles. The lowest BCUT2D eigenvalue weighted by atomic mass is 10.1. The predicted molar refractivity (Wildman–Crippen MR) is 124 cm³/mol. The minimum Gasteiger partial charge on any atom is -0.487 e. The summed E-state index contributed by atoms with van der Waals surface area (Å²) in [5.74, 6) is 1.69. The van der Waals surface area contributed by atoms with Crippen LogP contribution in [0.15, 0.2) is 59.3 Å². The Morgan fingerprint density at radius 2 is 1.89 bits per heavy atom. The molecule has 1 N–H and O–H groups in total. The number of ether oxygens (including phenoxy) is 1. The largest absolute Gasteiger partial charge is 0.487 e. The van der Waals surface area contributed by atoms with Crippen LogP contribution in [0.4, 0.5) is 17.6 Å². The van der Waals surface area contributed by atoms with Gasteiger partial charge in [-0.1, -0.05) is 23.4 Å². The molecule has 0 unspecified atom stereocenters. The van der Waals surface area contributed by atoms with E-state index in [1.165, 1.54) is 24.0 Å². The highest BCUT2D eigenvalue weighted by molar-refractivity contribution is 7.98. The normalized spacial score (nSPS) is 11.9. The third-order valence-corrected chi connectivity index (χ3v) is 5.88. The molecule has 4 rings (SSSR count). The highest BCUT2D eigenvalue weighted by Gasteiger charge is 2.30. The van der Waals surface area contributed by atoms with Crippen molar-refractivity contribution in [3.63, 3.8) is 0 Å². The minimum atomic E-state index is -4.60. The van der Waals surface area contributed by atoms with Crippen molar-refractivity contribution in [1.82, 2.24) is 20.4 Å².